The highest BCUT2D eigenvalue weighted by atomic mass is 79.9. The van der Waals surface area contributed by atoms with Gasteiger partial charge < -0.3 is 9.73 Å². The van der Waals surface area contributed by atoms with Gasteiger partial charge in [0.2, 0.25) is 0 Å². The summed E-state index contributed by atoms with van der Waals surface area (Å²) in [5, 5.41) is 3.18. The number of furan rings is 1. The number of hydrogen-bond acceptors (Lipinski definition) is 5. The van der Waals surface area contributed by atoms with Crippen molar-refractivity contribution in [1.82, 2.24) is 14.5 Å². The molecule has 3 aromatic heterocycles. The number of aryl methyl sites for hydroxylation is 1. The van der Waals surface area contributed by atoms with E-state index in [1.54, 1.807) is 61.7 Å². The van der Waals surface area contributed by atoms with Crippen LogP contribution < -0.4 is 10.9 Å². The van der Waals surface area contributed by atoms with Crippen molar-refractivity contribution in [2.45, 2.75) is 6.92 Å². The van der Waals surface area contributed by atoms with E-state index in [2.05, 4.69) is 31.2 Å². The zero-order valence-electron chi connectivity index (χ0n) is 14.1. The second kappa shape index (κ2) is 6.81. The topological polar surface area (TPSA) is 90.0 Å². The van der Waals surface area contributed by atoms with Crippen LogP contribution in [-0.4, -0.2) is 20.4 Å². The minimum Gasteiger partial charge on any atom is -0.444 e. The monoisotopic (exact) mass is 424 g/mol. The summed E-state index contributed by atoms with van der Waals surface area (Å²) >= 11 is 3.17. The number of halogens is 1. The van der Waals surface area contributed by atoms with E-state index in [0.29, 0.717) is 32.9 Å². The minimum absolute atomic E-state index is 0.180. The number of aromatic nitrogens is 3. The lowest BCUT2D eigenvalue weighted by Crippen LogP contribution is -2.22. The molecule has 1 aromatic carbocycles. The van der Waals surface area contributed by atoms with E-state index < -0.39 is 0 Å². The second-order valence-electron chi connectivity index (χ2n) is 5.78. The summed E-state index contributed by atoms with van der Waals surface area (Å²) in [5.74, 6) is 0.298. The fourth-order valence-electron chi connectivity index (χ4n) is 2.78. The molecule has 0 aliphatic carbocycles. The molecule has 0 unspecified atom stereocenters. The number of rotatable bonds is 3. The molecule has 0 bridgehead atoms. The molecule has 0 aliphatic heterocycles. The van der Waals surface area contributed by atoms with E-state index in [9.17, 15) is 9.59 Å². The van der Waals surface area contributed by atoms with Gasteiger partial charge in [-0.05, 0) is 65.3 Å². The summed E-state index contributed by atoms with van der Waals surface area (Å²) < 4.78 is 7.21. The highest BCUT2D eigenvalue weighted by molar-refractivity contribution is 9.10. The van der Waals surface area contributed by atoms with Gasteiger partial charge in [-0.3, -0.25) is 14.2 Å². The SMILES string of the molecule is Cc1nc2ncccc2c(=O)n1-c1cccc(NC(=O)c2ccc(Br)o2)c1. The van der Waals surface area contributed by atoms with Gasteiger partial charge in [0.1, 0.15) is 5.82 Å². The van der Waals surface area contributed by atoms with Crippen molar-refractivity contribution in [2.75, 3.05) is 5.32 Å². The Balaban J connectivity index is 1.74. The average molecular weight is 425 g/mol. The van der Waals surface area contributed by atoms with Crippen molar-refractivity contribution < 1.29 is 9.21 Å². The van der Waals surface area contributed by atoms with Gasteiger partial charge in [0.25, 0.3) is 11.5 Å². The number of hydrogen-bond donors (Lipinski definition) is 1. The quantitative estimate of drug-likeness (QED) is 0.541. The third-order valence-electron chi connectivity index (χ3n) is 3.97. The Morgan fingerprint density at radius 1 is 1.19 bits per heavy atom. The first kappa shape index (κ1) is 17.2. The van der Waals surface area contributed by atoms with Crippen LogP contribution in [0.5, 0.6) is 0 Å². The fourth-order valence-corrected chi connectivity index (χ4v) is 3.09. The molecule has 7 nitrogen and oxygen atoms in total. The Morgan fingerprint density at radius 2 is 2.04 bits per heavy atom. The highest BCUT2D eigenvalue weighted by Gasteiger charge is 2.13. The van der Waals surface area contributed by atoms with Gasteiger partial charge in [0.05, 0.1) is 11.1 Å². The lowest BCUT2D eigenvalue weighted by Gasteiger charge is -2.12. The molecule has 1 amide bonds. The van der Waals surface area contributed by atoms with Crippen LogP contribution in [-0.2, 0) is 0 Å². The van der Waals surface area contributed by atoms with Gasteiger partial charge >= 0.3 is 0 Å². The third kappa shape index (κ3) is 3.26. The molecule has 3 heterocycles. The number of benzene rings is 1. The first-order chi connectivity index (χ1) is 13.0. The maximum absolute atomic E-state index is 12.9. The van der Waals surface area contributed by atoms with Gasteiger partial charge in [-0.1, -0.05) is 6.07 Å². The van der Waals surface area contributed by atoms with Crippen molar-refractivity contribution in [3.05, 3.63) is 81.3 Å². The maximum atomic E-state index is 12.9. The van der Waals surface area contributed by atoms with Crippen molar-refractivity contribution in [3.63, 3.8) is 0 Å². The van der Waals surface area contributed by atoms with Crippen molar-refractivity contribution in [1.29, 1.82) is 0 Å². The van der Waals surface area contributed by atoms with Gasteiger partial charge in [-0.15, -0.1) is 0 Å². The Morgan fingerprint density at radius 3 is 2.81 bits per heavy atom. The average Bonchev–Trinajstić information content (AvgIpc) is 3.09. The third-order valence-corrected chi connectivity index (χ3v) is 4.40. The molecule has 8 heteroatoms. The molecule has 0 spiro atoms. The number of pyridine rings is 1. The van der Waals surface area contributed by atoms with Gasteiger partial charge in [0, 0.05) is 11.9 Å². The van der Waals surface area contributed by atoms with Crippen LogP contribution in [0.3, 0.4) is 0 Å². The summed E-state index contributed by atoms with van der Waals surface area (Å²) in [5.41, 5.74) is 1.31. The molecule has 4 rings (SSSR count). The molecule has 0 radical (unpaired) electrons. The van der Waals surface area contributed by atoms with Crippen molar-refractivity contribution in [3.8, 4) is 5.69 Å². The van der Waals surface area contributed by atoms with Gasteiger partial charge in [0.15, 0.2) is 16.1 Å². The summed E-state index contributed by atoms with van der Waals surface area (Å²) in [6.45, 7) is 1.74. The number of carbonyl (C=O) groups is 1. The smallest absolute Gasteiger partial charge is 0.291 e. The molecular formula is C19H13BrN4O3. The zero-order chi connectivity index (χ0) is 19.0. The molecular weight excluding hydrogens is 412 g/mol. The number of fused-ring (bicyclic) bond motifs is 1. The van der Waals surface area contributed by atoms with Crippen molar-refractivity contribution in [2.24, 2.45) is 0 Å². The summed E-state index contributed by atoms with van der Waals surface area (Å²) in [6.07, 6.45) is 1.60. The highest BCUT2D eigenvalue weighted by Crippen LogP contribution is 2.19. The normalized spacial score (nSPS) is 10.9. The lowest BCUT2D eigenvalue weighted by atomic mass is 10.2. The largest absolute Gasteiger partial charge is 0.444 e. The minimum atomic E-state index is -0.386. The molecule has 0 aliphatic rings. The molecule has 0 fully saturated rings. The number of amides is 1. The summed E-state index contributed by atoms with van der Waals surface area (Å²) in [4.78, 5) is 33.7. The van der Waals surface area contributed by atoms with E-state index >= 15 is 0 Å². The van der Waals surface area contributed by atoms with E-state index in [4.69, 9.17) is 4.42 Å². The standard InChI is InChI=1S/C19H13BrN4O3/c1-11-22-17-14(6-3-9-21-17)19(26)24(11)13-5-2-4-12(10-13)23-18(25)15-7-8-16(20)27-15/h2-10H,1H3,(H,23,25). The fraction of sp³-hybridized carbons (Fsp3) is 0.0526. The Labute approximate surface area is 161 Å². The lowest BCUT2D eigenvalue weighted by molar-refractivity contribution is 0.0995. The number of carbonyl (C=O) groups excluding carboxylic acids is 1. The van der Waals surface area contributed by atoms with E-state index in [1.165, 1.54) is 4.57 Å². The van der Waals surface area contributed by atoms with Gasteiger partial charge in [-0.25, -0.2) is 9.97 Å². The first-order valence-corrected chi connectivity index (χ1v) is 8.84. The van der Waals surface area contributed by atoms with E-state index in [1.807, 2.05) is 0 Å². The molecule has 0 saturated heterocycles. The van der Waals surface area contributed by atoms with Crippen LogP contribution >= 0.6 is 15.9 Å². The molecule has 1 N–H and O–H groups in total. The van der Waals surface area contributed by atoms with E-state index in [-0.39, 0.29) is 17.2 Å². The number of nitrogens with one attached hydrogen (secondary N) is 1. The predicted molar refractivity (Wildman–Crippen MR) is 104 cm³/mol. The zero-order valence-corrected chi connectivity index (χ0v) is 15.7. The van der Waals surface area contributed by atoms with Crippen LogP contribution in [0.1, 0.15) is 16.4 Å². The van der Waals surface area contributed by atoms with Crippen LogP contribution in [0, 0.1) is 6.92 Å². The Hall–Kier alpha value is -3.26. The molecule has 27 heavy (non-hydrogen) atoms. The second-order valence-corrected chi connectivity index (χ2v) is 6.56. The molecule has 0 saturated carbocycles. The van der Waals surface area contributed by atoms with E-state index in [0.717, 1.165) is 0 Å². The molecule has 4 aromatic rings. The van der Waals surface area contributed by atoms with Crippen LogP contribution in [0.15, 0.2) is 68.6 Å². The first-order valence-electron chi connectivity index (χ1n) is 8.04. The molecule has 134 valence electrons. The van der Waals surface area contributed by atoms with Crippen LogP contribution in [0.25, 0.3) is 16.7 Å². The summed E-state index contributed by atoms with van der Waals surface area (Å²) in [6, 6.07) is 13.6. The Bertz CT molecular complexity index is 1230. The molecule has 0 atom stereocenters. The van der Waals surface area contributed by atoms with Gasteiger partial charge in [-0.2, -0.15) is 0 Å². The summed E-state index contributed by atoms with van der Waals surface area (Å²) in [7, 11) is 0. The van der Waals surface area contributed by atoms with Crippen molar-refractivity contribution >= 4 is 38.6 Å². The number of nitrogens with zero attached hydrogens (tertiary/aromatic N) is 3. The Kier molecular flexibility index (Phi) is 4.33. The van der Waals surface area contributed by atoms with Crippen LogP contribution in [0.2, 0.25) is 0 Å². The van der Waals surface area contributed by atoms with Crippen LogP contribution in [0.4, 0.5) is 5.69 Å². The maximum Gasteiger partial charge on any atom is 0.291 e. The predicted octanol–water partition coefficient (Wildman–Crippen LogP) is 3.70. The number of anilines is 1.